The third kappa shape index (κ3) is 9.65. The molecule has 1 aromatic heterocycles. The number of methoxy groups -OCH3 is 1. The summed E-state index contributed by atoms with van der Waals surface area (Å²) >= 11 is 6.48. The molecule has 0 aliphatic carbocycles. The van der Waals surface area contributed by atoms with Crippen LogP contribution in [0.3, 0.4) is 0 Å². The van der Waals surface area contributed by atoms with E-state index in [0.29, 0.717) is 43.3 Å². The molecule has 0 spiro atoms. The van der Waals surface area contributed by atoms with Gasteiger partial charge >= 0.3 is 0 Å². The fourth-order valence-corrected chi connectivity index (χ4v) is 9.42. The van der Waals surface area contributed by atoms with Crippen LogP contribution in [-0.4, -0.2) is 57.4 Å². The quantitative estimate of drug-likeness (QED) is 0.257. The summed E-state index contributed by atoms with van der Waals surface area (Å²) in [6.45, 7) is 9.97. The molecule has 0 radical (unpaired) electrons. The van der Waals surface area contributed by atoms with Gasteiger partial charge in [0, 0.05) is 56.1 Å². The van der Waals surface area contributed by atoms with E-state index in [1.807, 2.05) is 32.2 Å². The normalized spacial score (nSPS) is 26.6. The van der Waals surface area contributed by atoms with Crippen LogP contribution in [0.5, 0.6) is 5.75 Å². The van der Waals surface area contributed by atoms with Crippen molar-refractivity contribution < 1.29 is 23.3 Å². The van der Waals surface area contributed by atoms with Crippen molar-refractivity contribution in [2.24, 2.45) is 29.2 Å². The molecule has 2 aromatic carbocycles. The first-order valence-electron chi connectivity index (χ1n) is 18.5. The first-order chi connectivity index (χ1) is 24.9. The molecule has 3 aromatic rings. The van der Waals surface area contributed by atoms with Crippen molar-refractivity contribution >= 4 is 39.0 Å². The predicted octanol–water partition coefficient (Wildman–Crippen LogP) is 7.73. The van der Waals surface area contributed by atoms with Crippen LogP contribution >= 0.6 is 11.6 Å². The number of aryl methyl sites for hydroxylation is 3. The molecule has 0 fully saturated rings. The molecule has 2 aliphatic rings. The van der Waals surface area contributed by atoms with E-state index in [2.05, 4.69) is 57.2 Å². The number of amides is 2. The maximum Gasteiger partial charge on any atom is 0.286 e. The molecule has 0 saturated heterocycles. The number of hydrogen-bond donors (Lipinski definition) is 1. The zero-order chi connectivity index (χ0) is 37.4. The van der Waals surface area contributed by atoms with Crippen LogP contribution < -0.4 is 14.4 Å². The fraction of sp³-hybridized carbons (Fsp3) is 0.525. The van der Waals surface area contributed by atoms with Crippen LogP contribution in [0.1, 0.15) is 87.0 Å². The number of halogens is 1. The van der Waals surface area contributed by atoms with Gasteiger partial charge in [0.25, 0.3) is 5.91 Å². The van der Waals surface area contributed by atoms with Gasteiger partial charge in [-0.2, -0.15) is 5.10 Å². The van der Waals surface area contributed by atoms with E-state index in [-0.39, 0.29) is 35.8 Å². The summed E-state index contributed by atoms with van der Waals surface area (Å²) in [6.07, 6.45) is 10.3. The molecule has 0 saturated carbocycles. The molecule has 12 heteroatoms. The van der Waals surface area contributed by atoms with Crippen molar-refractivity contribution in [1.29, 1.82) is 0 Å². The van der Waals surface area contributed by atoms with Crippen molar-refractivity contribution in [3.63, 3.8) is 0 Å². The van der Waals surface area contributed by atoms with Crippen molar-refractivity contribution in [3.8, 4) is 5.75 Å². The third-order valence-electron chi connectivity index (χ3n) is 10.7. The van der Waals surface area contributed by atoms with Gasteiger partial charge in [-0.3, -0.25) is 19.0 Å². The molecule has 1 unspecified atom stereocenters. The lowest BCUT2D eigenvalue weighted by Gasteiger charge is -2.35. The number of benzene rings is 2. The number of ether oxygens (including phenoxy) is 2. The summed E-state index contributed by atoms with van der Waals surface area (Å²) in [5.74, 6) is -0.207. The number of aromatic nitrogens is 2. The Bertz CT molecular complexity index is 1870. The van der Waals surface area contributed by atoms with Crippen molar-refractivity contribution in [2.45, 2.75) is 90.5 Å². The first-order valence-corrected chi connectivity index (χ1v) is 20.4. The number of carbonyl (C=O) groups excluding carboxylic acids is 2. The predicted molar refractivity (Wildman–Crippen MR) is 208 cm³/mol. The van der Waals surface area contributed by atoms with Crippen LogP contribution in [0.2, 0.25) is 5.02 Å². The lowest BCUT2D eigenvalue weighted by molar-refractivity contribution is -0.119. The Balaban J connectivity index is 1.62. The number of carbonyl (C=O) groups is 2. The lowest BCUT2D eigenvalue weighted by atomic mass is 9.85. The minimum atomic E-state index is -3.56. The molecule has 52 heavy (non-hydrogen) atoms. The van der Waals surface area contributed by atoms with Gasteiger partial charge in [0.15, 0.2) is 0 Å². The third-order valence-corrected chi connectivity index (χ3v) is 13.4. The lowest BCUT2D eigenvalue weighted by Crippen LogP contribution is -2.40. The first kappa shape index (κ1) is 39.5. The average molecular weight is 752 g/mol. The molecule has 6 atom stereocenters. The molecule has 2 bridgehead atoms. The van der Waals surface area contributed by atoms with Gasteiger partial charge < -0.3 is 14.4 Å². The Labute approximate surface area is 314 Å². The molecule has 1 N–H and O–H groups in total. The van der Waals surface area contributed by atoms with Gasteiger partial charge in [-0.05, 0) is 104 Å². The van der Waals surface area contributed by atoms with Gasteiger partial charge in [0.1, 0.15) is 15.7 Å². The highest BCUT2D eigenvalue weighted by molar-refractivity contribution is 7.93. The largest absolute Gasteiger partial charge is 0.491 e. The number of rotatable bonds is 6. The topological polar surface area (TPSA) is 115 Å². The monoisotopic (exact) mass is 751 g/mol. The fourth-order valence-electron chi connectivity index (χ4n) is 7.30. The zero-order valence-corrected chi connectivity index (χ0v) is 32.9. The molecule has 2 amide bonds. The van der Waals surface area contributed by atoms with E-state index in [9.17, 15) is 13.8 Å². The van der Waals surface area contributed by atoms with E-state index < -0.39 is 27.0 Å². The number of allylic oxidation sites excluding steroid dienone is 1. The molecule has 10 nitrogen and oxygen atoms in total. The van der Waals surface area contributed by atoms with Crippen LogP contribution in [-0.2, 0) is 45.9 Å². The average Bonchev–Trinajstić information content (AvgIpc) is 3.52. The van der Waals surface area contributed by atoms with E-state index in [1.165, 1.54) is 5.56 Å². The smallest absolute Gasteiger partial charge is 0.286 e. The van der Waals surface area contributed by atoms with Crippen molar-refractivity contribution in [3.05, 3.63) is 88.2 Å². The molecule has 3 heterocycles. The highest BCUT2D eigenvalue weighted by Gasteiger charge is 2.31. The zero-order valence-electron chi connectivity index (χ0n) is 31.3. The van der Waals surface area contributed by atoms with E-state index >= 15 is 0 Å². The minimum absolute atomic E-state index is 0.0746. The van der Waals surface area contributed by atoms with Crippen molar-refractivity contribution in [2.75, 3.05) is 25.2 Å². The Hall–Kier alpha value is -3.67. The summed E-state index contributed by atoms with van der Waals surface area (Å²) in [5, 5.41) is 4.24. The van der Waals surface area contributed by atoms with E-state index in [0.717, 1.165) is 42.6 Å². The highest BCUT2D eigenvalue weighted by Crippen LogP contribution is 2.36. The Morgan fingerprint density at radius 1 is 1.10 bits per heavy atom. The van der Waals surface area contributed by atoms with Crippen LogP contribution in [0, 0.1) is 17.8 Å². The molecule has 5 rings (SSSR count). The Kier molecular flexibility index (Phi) is 13.6. The standard InChI is InChI=1S/C40H54ClN5O5S/c1-7-35-28(3)25-46-26-32-14-16-33(41)23-30(32)12-8-9-22-51-38-18-15-31(24-36(38)46)40(48)44-52(49,29(4)27(2)11-10-13-37(35)50-6)43-39(47)19-17-34-20-21-42-45(34)5/h10,13-16,18,20-21,23-24,27-29,35,37H,7-9,11-12,17,19,22,25-26H2,1-6H3,(H,43,44,47,48,49)/b13-10+/t27-,28-,29+,35+,37-,52?/m0/s1. The molecular weight excluding hydrogens is 698 g/mol. The number of hydrogen-bond acceptors (Lipinski definition) is 7. The van der Waals surface area contributed by atoms with Gasteiger partial charge in [-0.1, -0.05) is 57.0 Å². The summed E-state index contributed by atoms with van der Waals surface area (Å²) in [4.78, 5) is 29.8. The number of nitrogens with one attached hydrogen (secondary N) is 1. The maximum absolute atomic E-state index is 14.8. The second-order valence-corrected chi connectivity index (χ2v) is 17.0. The molecule has 282 valence electrons. The van der Waals surface area contributed by atoms with E-state index in [4.69, 9.17) is 21.1 Å². The molecular formula is C40H54ClN5O5S. The number of fused-ring (bicyclic) bond motifs is 2. The number of anilines is 1. The van der Waals surface area contributed by atoms with Crippen LogP contribution in [0.25, 0.3) is 0 Å². The van der Waals surface area contributed by atoms with Gasteiger partial charge in [0.05, 0.1) is 23.6 Å². The highest BCUT2D eigenvalue weighted by atomic mass is 35.5. The number of nitrogens with zero attached hydrogens (tertiary/aromatic N) is 4. The maximum atomic E-state index is 14.8. The van der Waals surface area contributed by atoms with Crippen molar-refractivity contribution in [1.82, 2.24) is 14.5 Å². The summed E-state index contributed by atoms with van der Waals surface area (Å²) in [6, 6.07) is 13.2. The van der Waals surface area contributed by atoms with Crippen LogP contribution in [0.4, 0.5) is 5.69 Å². The van der Waals surface area contributed by atoms with Gasteiger partial charge in [-0.15, -0.1) is 4.36 Å². The Morgan fingerprint density at radius 2 is 1.90 bits per heavy atom. The molecule has 2 aliphatic heterocycles. The van der Waals surface area contributed by atoms with Gasteiger partial charge in [0.2, 0.25) is 5.91 Å². The SMILES string of the molecule is CC[C@H]1[C@@H](OC)/C=C/C[C@H](C)[C@@H](C)S(=O)(NC(=O)CCc2ccnn2C)=NC(=O)c2ccc3c(c2)N(Cc2ccc(Cl)cc2CCCCO3)C[C@@H]1C. The van der Waals surface area contributed by atoms with E-state index in [1.54, 1.807) is 37.0 Å². The second kappa shape index (κ2) is 17.9. The minimum Gasteiger partial charge on any atom is -0.491 e. The summed E-state index contributed by atoms with van der Waals surface area (Å²) in [7, 11) is -0.00588. The summed E-state index contributed by atoms with van der Waals surface area (Å²) in [5.41, 5.74) is 4.27. The van der Waals surface area contributed by atoms with Crippen LogP contribution in [0.15, 0.2) is 65.2 Å². The summed E-state index contributed by atoms with van der Waals surface area (Å²) < 4.78 is 36.1. The second-order valence-electron chi connectivity index (χ2n) is 14.3. The Morgan fingerprint density at radius 3 is 2.63 bits per heavy atom. The van der Waals surface area contributed by atoms with Gasteiger partial charge in [-0.25, -0.2) is 4.21 Å².